The fraction of sp³-hybridized carbons (Fsp3) is 0.450. The summed E-state index contributed by atoms with van der Waals surface area (Å²) >= 11 is 0. The van der Waals surface area contributed by atoms with Gasteiger partial charge in [-0.25, -0.2) is 4.98 Å². The summed E-state index contributed by atoms with van der Waals surface area (Å²) in [6.07, 6.45) is 4.14. The molecule has 0 fully saturated rings. The van der Waals surface area contributed by atoms with Crippen molar-refractivity contribution in [1.29, 1.82) is 0 Å². The molecule has 0 N–H and O–H groups in total. The van der Waals surface area contributed by atoms with Crippen LogP contribution in [0.15, 0.2) is 48.7 Å². The maximum absolute atomic E-state index is 4.62. The molecule has 1 aromatic carbocycles. The van der Waals surface area contributed by atoms with E-state index < -0.39 is 8.07 Å². The predicted octanol–water partition coefficient (Wildman–Crippen LogP) is 5.16. The fourth-order valence-corrected chi connectivity index (χ4v) is 6.62. The topological polar surface area (TPSA) is 16.1 Å². The van der Waals surface area contributed by atoms with Gasteiger partial charge in [-0.15, -0.1) is 0 Å². The largest absolute Gasteiger partial charge is 0.363 e. The molecule has 0 saturated heterocycles. The number of aromatic nitrogens is 1. The van der Waals surface area contributed by atoms with Gasteiger partial charge in [0.1, 0.15) is 5.82 Å². The quantitative estimate of drug-likeness (QED) is 0.623. The van der Waals surface area contributed by atoms with Crippen molar-refractivity contribution in [3.05, 3.63) is 59.8 Å². The first kappa shape index (κ1) is 17.7. The summed E-state index contributed by atoms with van der Waals surface area (Å²) in [4.78, 5) is 7.00. The lowest BCUT2D eigenvalue weighted by Gasteiger charge is -2.33. The van der Waals surface area contributed by atoms with Gasteiger partial charge in [0.2, 0.25) is 0 Å². The van der Waals surface area contributed by atoms with Crippen LogP contribution in [0.3, 0.4) is 0 Å². The van der Waals surface area contributed by atoms with Gasteiger partial charge in [-0.2, -0.15) is 0 Å². The standard InChI is InChI=1S/C20H30N2Si/c1-5-23(6-2,7-3)17-22(4)20-16-19(13-14-21-20)15-18-11-9-8-10-12-18/h8-14,16H,5-7,15,17H2,1-4H3. The summed E-state index contributed by atoms with van der Waals surface area (Å²) in [5.74, 6) is 1.12. The molecule has 0 atom stereocenters. The number of nitrogens with zero attached hydrogens (tertiary/aromatic N) is 2. The van der Waals surface area contributed by atoms with Crippen LogP contribution in [0.5, 0.6) is 0 Å². The van der Waals surface area contributed by atoms with Crippen LogP contribution in [-0.4, -0.2) is 26.3 Å². The molecule has 0 spiro atoms. The van der Waals surface area contributed by atoms with Crippen molar-refractivity contribution in [2.24, 2.45) is 0 Å². The third-order valence-corrected chi connectivity index (χ3v) is 10.9. The van der Waals surface area contributed by atoms with Gasteiger partial charge in [-0.05, 0) is 29.7 Å². The second-order valence-electron chi connectivity index (χ2n) is 6.60. The maximum atomic E-state index is 4.62. The number of hydrogen-bond donors (Lipinski definition) is 0. The van der Waals surface area contributed by atoms with E-state index >= 15 is 0 Å². The molecule has 2 nitrogen and oxygen atoms in total. The van der Waals surface area contributed by atoms with Crippen molar-refractivity contribution in [2.45, 2.75) is 45.3 Å². The highest BCUT2D eigenvalue weighted by Gasteiger charge is 2.28. The first-order chi connectivity index (χ1) is 11.1. The summed E-state index contributed by atoms with van der Waals surface area (Å²) in [5.41, 5.74) is 2.69. The van der Waals surface area contributed by atoms with Gasteiger partial charge in [0, 0.05) is 19.4 Å². The van der Waals surface area contributed by atoms with Gasteiger partial charge in [-0.3, -0.25) is 0 Å². The highest BCUT2D eigenvalue weighted by Crippen LogP contribution is 2.23. The van der Waals surface area contributed by atoms with Crippen LogP contribution in [0.4, 0.5) is 5.82 Å². The molecule has 2 aromatic rings. The lowest BCUT2D eigenvalue weighted by atomic mass is 10.1. The molecule has 0 unspecified atom stereocenters. The van der Waals surface area contributed by atoms with E-state index in [1.54, 1.807) is 0 Å². The monoisotopic (exact) mass is 326 g/mol. The smallest absolute Gasteiger partial charge is 0.128 e. The Morgan fingerprint density at radius 3 is 2.17 bits per heavy atom. The van der Waals surface area contributed by atoms with Gasteiger partial charge in [-0.1, -0.05) is 69.2 Å². The first-order valence-electron chi connectivity index (χ1n) is 8.82. The third-order valence-electron chi connectivity index (χ3n) is 5.27. The SMILES string of the molecule is CC[Si](CC)(CC)CN(C)c1cc(Cc2ccccc2)ccn1. The molecule has 3 heteroatoms. The van der Waals surface area contributed by atoms with E-state index in [-0.39, 0.29) is 0 Å². The zero-order chi connectivity index (χ0) is 16.7. The second-order valence-corrected chi connectivity index (χ2v) is 12.0. The Bertz CT molecular complexity index is 585. The molecule has 0 aliphatic carbocycles. The zero-order valence-corrected chi connectivity index (χ0v) is 16.0. The van der Waals surface area contributed by atoms with Gasteiger partial charge >= 0.3 is 0 Å². The number of pyridine rings is 1. The molecule has 1 aromatic heterocycles. The predicted molar refractivity (Wildman–Crippen MR) is 104 cm³/mol. The first-order valence-corrected chi connectivity index (χ1v) is 11.6. The minimum atomic E-state index is -1.17. The zero-order valence-electron chi connectivity index (χ0n) is 15.0. The number of rotatable bonds is 8. The Morgan fingerprint density at radius 2 is 1.57 bits per heavy atom. The molecule has 0 amide bonds. The van der Waals surface area contributed by atoms with E-state index in [1.807, 2.05) is 6.20 Å². The number of hydrogen-bond acceptors (Lipinski definition) is 2. The van der Waals surface area contributed by atoms with Crippen molar-refractivity contribution < 1.29 is 0 Å². The van der Waals surface area contributed by atoms with E-state index in [4.69, 9.17) is 0 Å². The van der Waals surface area contributed by atoms with Gasteiger partial charge in [0.25, 0.3) is 0 Å². The Balaban J connectivity index is 2.12. The minimum Gasteiger partial charge on any atom is -0.363 e. The second kappa shape index (κ2) is 8.30. The van der Waals surface area contributed by atoms with Crippen LogP contribution >= 0.6 is 0 Å². The third kappa shape index (κ3) is 4.68. The molecule has 0 aliphatic rings. The van der Waals surface area contributed by atoms with Crippen molar-refractivity contribution in [1.82, 2.24) is 4.98 Å². The average Bonchev–Trinajstić information content (AvgIpc) is 2.61. The molecule has 1 heterocycles. The van der Waals surface area contributed by atoms with E-state index in [0.717, 1.165) is 12.2 Å². The van der Waals surface area contributed by atoms with Crippen LogP contribution in [-0.2, 0) is 6.42 Å². The Labute approximate surface area is 142 Å². The van der Waals surface area contributed by atoms with Crippen LogP contribution in [0, 0.1) is 0 Å². The number of benzene rings is 1. The Kier molecular flexibility index (Phi) is 6.40. The average molecular weight is 327 g/mol. The van der Waals surface area contributed by atoms with Crippen LogP contribution < -0.4 is 4.90 Å². The van der Waals surface area contributed by atoms with Crippen molar-refractivity contribution in [2.75, 3.05) is 18.1 Å². The van der Waals surface area contributed by atoms with Gasteiger partial charge < -0.3 is 4.90 Å². The molecule has 0 saturated carbocycles. The Hall–Kier alpha value is -1.61. The Morgan fingerprint density at radius 1 is 0.913 bits per heavy atom. The normalized spacial score (nSPS) is 11.5. The maximum Gasteiger partial charge on any atom is 0.128 e. The molecule has 124 valence electrons. The summed E-state index contributed by atoms with van der Waals surface area (Å²) < 4.78 is 0. The van der Waals surface area contributed by atoms with Crippen molar-refractivity contribution in [3.8, 4) is 0 Å². The molecule has 0 radical (unpaired) electrons. The highest BCUT2D eigenvalue weighted by molar-refractivity contribution is 6.80. The van der Waals surface area contributed by atoms with Crippen LogP contribution in [0.2, 0.25) is 18.1 Å². The molecule has 0 aliphatic heterocycles. The van der Waals surface area contributed by atoms with Gasteiger partial charge in [0.05, 0.1) is 8.07 Å². The van der Waals surface area contributed by atoms with E-state index in [1.165, 1.54) is 35.4 Å². The summed E-state index contributed by atoms with van der Waals surface area (Å²) in [7, 11) is 1.04. The lowest BCUT2D eigenvalue weighted by Crippen LogP contribution is -2.44. The minimum absolute atomic E-state index is 0.974. The molecule has 0 bridgehead atoms. The molecule has 23 heavy (non-hydrogen) atoms. The van der Waals surface area contributed by atoms with E-state index in [0.29, 0.717) is 0 Å². The van der Waals surface area contributed by atoms with Crippen molar-refractivity contribution in [3.63, 3.8) is 0 Å². The van der Waals surface area contributed by atoms with Gasteiger partial charge in [0.15, 0.2) is 0 Å². The van der Waals surface area contributed by atoms with Crippen LogP contribution in [0.25, 0.3) is 0 Å². The molecular formula is C20H30N2Si. The number of anilines is 1. The summed E-state index contributed by atoms with van der Waals surface area (Å²) in [6, 6.07) is 19.1. The molecule has 2 rings (SSSR count). The van der Waals surface area contributed by atoms with E-state index in [9.17, 15) is 0 Å². The van der Waals surface area contributed by atoms with E-state index in [2.05, 4.69) is 80.2 Å². The van der Waals surface area contributed by atoms with Crippen LogP contribution in [0.1, 0.15) is 31.9 Å². The summed E-state index contributed by atoms with van der Waals surface area (Å²) in [6.45, 7) is 7.10. The summed E-state index contributed by atoms with van der Waals surface area (Å²) in [5, 5.41) is 0. The van der Waals surface area contributed by atoms with Crippen molar-refractivity contribution >= 4 is 13.9 Å². The lowest BCUT2D eigenvalue weighted by molar-refractivity contribution is 0.968. The highest BCUT2D eigenvalue weighted by atomic mass is 28.3. The molecular weight excluding hydrogens is 296 g/mol. The fourth-order valence-electron chi connectivity index (χ4n) is 3.28.